The van der Waals surface area contributed by atoms with Crippen LogP contribution in [0.5, 0.6) is 0 Å². The number of nitrogens with one attached hydrogen (secondary N) is 1. The van der Waals surface area contributed by atoms with Crippen molar-refractivity contribution in [3.8, 4) is 0 Å². The predicted octanol–water partition coefficient (Wildman–Crippen LogP) is 1.26. The minimum absolute atomic E-state index is 0.386. The van der Waals surface area contributed by atoms with Crippen molar-refractivity contribution < 1.29 is 4.79 Å². The largest absolute Gasteiger partial charge is 0.397 e. The number of amides is 1. The molecule has 2 unspecified atom stereocenters. The van der Waals surface area contributed by atoms with Crippen molar-refractivity contribution in [2.75, 3.05) is 24.6 Å². The van der Waals surface area contributed by atoms with Crippen LogP contribution in [-0.4, -0.2) is 36.5 Å². The molecule has 1 aromatic carbocycles. The number of carbonyl (C=O) groups excluding carboxylic acids is 1. The van der Waals surface area contributed by atoms with Crippen LogP contribution >= 0.6 is 0 Å². The summed E-state index contributed by atoms with van der Waals surface area (Å²) in [6.45, 7) is 3.28. The average Bonchev–Trinajstić information content (AvgIpc) is 2.36. The van der Waals surface area contributed by atoms with E-state index in [4.69, 9.17) is 11.5 Å². The van der Waals surface area contributed by atoms with Crippen LogP contribution in [0.1, 0.15) is 30.1 Å². The van der Waals surface area contributed by atoms with E-state index < -0.39 is 5.91 Å². The summed E-state index contributed by atoms with van der Waals surface area (Å²) in [6, 6.07) is 6.05. The molecule has 5 N–H and O–H groups in total. The Morgan fingerprint density at radius 2 is 2.21 bits per heavy atom. The Morgan fingerprint density at radius 1 is 1.47 bits per heavy atom. The SMILES string of the molecule is CC1CC(Nc2cc(C(N)=O)ccc2N)CCN1C. The molecule has 104 valence electrons. The molecule has 1 saturated heterocycles. The normalized spacial score (nSPS) is 24.1. The summed E-state index contributed by atoms with van der Waals surface area (Å²) in [4.78, 5) is 13.5. The van der Waals surface area contributed by atoms with Gasteiger partial charge in [0.15, 0.2) is 0 Å². The molecule has 0 saturated carbocycles. The monoisotopic (exact) mass is 262 g/mol. The molecule has 5 nitrogen and oxygen atoms in total. The lowest BCUT2D eigenvalue weighted by Gasteiger charge is -2.36. The quantitative estimate of drug-likeness (QED) is 0.716. The van der Waals surface area contributed by atoms with E-state index in [2.05, 4.69) is 24.2 Å². The molecule has 5 heteroatoms. The van der Waals surface area contributed by atoms with E-state index in [0.29, 0.717) is 23.3 Å². The zero-order valence-corrected chi connectivity index (χ0v) is 11.5. The zero-order valence-electron chi connectivity index (χ0n) is 11.5. The van der Waals surface area contributed by atoms with E-state index >= 15 is 0 Å². The van der Waals surface area contributed by atoms with Crippen molar-refractivity contribution >= 4 is 17.3 Å². The van der Waals surface area contributed by atoms with Crippen molar-refractivity contribution in [3.63, 3.8) is 0 Å². The van der Waals surface area contributed by atoms with Gasteiger partial charge in [-0.3, -0.25) is 4.79 Å². The van der Waals surface area contributed by atoms with Gasteiger partial charge < -0.3 is 21.7 Å². The second-order valence-corrected chi connectivity index (χ2v) is 5.36. The van der Waals surface area contributed by atoms with Crippen LogP contribution in [0.25, 0.3) is 0 Å². The third kappa shape index (κ3) is 3.17. The molecule has 1 fully saturated rings. The van der Waals surface area contributed by atoms with E-state index in [1.807, 2.05) is 0 Å². The maximum absolute atomic E-state index is 11.2. The lowest BCUT2D eigenvalue weighted by Crippen LogP contribution is -2.42. The topological polar surface area (TPSA) is 84.4 Å². The second kappa shape index (κ2) is 5.48. The third-order valence-corrected chi connectivity index (χ3v) is 3.91. The number of likely N-dealkylation sites (tertiary alicyclic amines) is 1. The summed E-state index contributed by atoms with van der Waals surface area (Å²) in [5, 5.41) is 3.44. The van der Waals surface area contributed by atoms with Gasteiger partial charge in [0.25, 0.3) is 0 Å². The van der Waals surface area contributed by atoms with Gasteiger partial charge in [-0.05, 0) is 45.0 Å². The van der Waals surface area contributed by atoms with Crippen molar-refractivity contribution in [2.45, 2.75) is 31.8 Å². The first-order chi connectivity index (χ1) is 8.97. The first-order valence-electron chi connectivity index (χ1n) is 6.63. The summed E-state index contributed by atoms with van der Waals surface area (Å²) in [5.41, 5.74) is 13.2. The number of hydrogen-bond acceptors (Lipinski definition) is 4. The van der Waals surface area contributed by atoms with Crippen molar-refractivity contribution in [2.24, 2.45) is 5.73 Å². The number of nitrogen functional groups attached to an aromatic ring is 1. The highest BCUT2D eigenvalue weighted by atomic mass is 16.1. The third-order valence-electron chi connectivity index (χ3n) is 3.91. The number of nitrogens with two attached hydrogens (primary N) is 2. The fraction of sp³-hybridized carbons (Fsp3) is 0.500. The van der Waals surface area contributed by atoms with Crippen molar-refractivity contribution in [1.82, 2.24) is 4.90 Å². The number of anilines is 2. The predicted molar refractivity (Wildman–Crippen MR) is 78.1 cm³/mol. The molecule has 2 rings (SSSR count). The number of nitrogens with zero attached hydrogens (tertiary/aromatic N) is 1. The number of piperidine rings is 1. The molecule has 1 amide bonds. The van der Waals surface area contributed by atoms with Gasteiger partial charge in [0.2, 0.25) is 5.91 Å². The van der Waals surface area contributed by atoms with Crippen LogP contribution in [0, 0.1) is 0 Å². The Hall–Kier alpha value is -1.75. The van der Waals surface area contributed by atoms with Gasteiger partial charge in [0.05, 0.1) is 11.4 Å². The van der Waals surface area contributed by atoms with Crippen LogP contribution in [-0.2, 0) is 0 Å². The molecule has 0 spiro atoms. The molecule has 0 aromatic heterocycles. The summed E-state index contributed by atoms with van der Waals surface area (Å²) >= 11 is 0. The highest BCUT2D eigenvalue weighted by Crippen LogP contribution is 2.25. The van der Waals surface area contributed by atoms with Crippen LogP contribution in [0.2, 0.25) is 0 Å². The summed E-state index contributed by atoms with van der Waals surface area (Å²) in [7, 11) is 2.14. The Balaban J connectivity index is 2.10. The minimum Gasteiger partial charge on any atom is -0.397 e. The lowest BCUT2D eigenvalue weighted by molar-refractivity contribution is 0.100. The highest BCUT2D eigenvalue weighted by molar-refractivity contribution is 5.94. The van der Waals surface area contributed by atoms with Gasteiger partial charge in [0, 0.05) is 24.2 Å². The number of rotatable bonds is 3. The van der Waals surface area contributed by atoms with Crippen LogP contribution in [0.4, 0.5) is 11.4 Å². The van der Waals surface area contributed by atoms with E-state index in [9.17, 15) is 4.79 Å². The Bertz CT molecular complexity index is 475. The summed E-state index contributed by atoms with van der Waals surface area (Å²) in [5.74, 6) is -0.431. The van der Waals surface area contributed by atoms with E-state index in [1.165, 1.54) is 0 Å². The van der Waals surface area contributed by atoms with E-state index in [-0.39, 0.29) is 0 Å². The van der Waals surface area contributed by atoms with Gasteiger partial charge in [0.1, 0.15) is 0 Å². The van der Waals surface area contributed by atoms with Crippen LogP contribution in [0.15, 0.2) is 18.2 Å². The van der Waals surface area contributed by atoms with Crippen LogP contribution in [0.3, 0.4) is 0 Å². The maximum atomic E-state index is 11.2. The maximum Gasteiger partial charge on any atom is 0.248 e. The Morgan fingerprint density at radius 3 is 2.84 bits per heavy atom. The summed E-state index contributed by atoms with van der Waals surface area (Å²) < 4.78 is 0. The molecule has 0 bridgehead atoms. The fourth-order valence-electron chi connectivity index (χ4n) is 2.47. The molecule has 1 aromatic rings. The van der Waals surface area contributed by atoms with Crippen molar-refractivity contribution in [1.29, 1.82) is 0 Å². The molecule has 1 aliphatic heterocycles. The Kier molecular flexibility index (Phi) is 3.95. The van der Waals surface area contributed by atoms with E-state index in [1.54, 1.807) is 18.2 Å². The van der Waals surface area contributed by atoms with Gasteiger partial charge in [-0.25, -0.2) is 0 Å². The molecule has 1 aliphatic rings. The average molecular weight is 262 g/mol. The van der Waals surface area contributed by atoms with Gasteiger partial charge in [-0.2, -0.15) is 0 Å². The van der Waals surface area contributed by atoms with Gasteiger partial charge in [-0.15, -0.1) is 0 Å². The molecular formula is C14H22N4O. The number of carbonyl (C=O) groups is 1. The number of benzene rings is 1. The standard InChI is InChI=1S/C14H22N4O/c1-9-7-11(5-6-18(9)2)17-13-8-10(14(16)19)3-4-12(13)15/h3-4,8-9,11,17H,5-7,15H2,1-2H3,(H2,16,19). The molecular weight excluding hydrogens is 240 g/mol. The van der Waals surface area contributed by atoms with Crippen molar-refractivity contribution in [3.05, 3.63) is 23.8 Å². The van der Waals surface area contributed by atoms with E-state index in [0.717, 1.165) is 25.1 Å². The number of primary amides is 1. The fourth-order valence-corrected chi connectivity index (χ4v) is 2.47. The van der Waals surface area contributed by atoms with Crippen LogP contribution < -0.4 is 16.8 Å². The van der Waals surface area contributed by atoms with Gasteiger partial charge >= 0.3 is 0 Å². The lowest BCUT2D eigenvalue weighted by atomic mass is 9.98. The minimum atomic E-state index is -0.431. The second-order valence-electron chi connectivity index (χ2n) is 5.36. The smallest absolute Gasteiger partial charge is 0.248 e. The number of hydrogen-bond donors (Lipinski definition) is 3. The molecule has 19 heavy (non-hydrogen) atoms. The first-order valence-corrected chi connectivity index (χ1v) is 6.63. The molecule has 1 heterocycles. The van der Waals surface area contributed by atoms with Gasteiger partial charge in [-0.1, -0.05) is 0 Å². The molecule has 0 aliphatic carbocycles. The highest BCUT2D eigenvalue weighted by Gasteiger charge is 2.23. The molecule has 0 radical (unpaired) electrons. The zero-order chi connectivity index (χ0) is 14.0. The molecule has 2 atom stereocenters. The first kappa shape index (κ1) is 13.7. The Labute approximate surface area is 113 Å². The summed E-state index contributed by atoms with van der Waals surface area (Å²) in [6.07, 6.45) is 2.14.